The summed E-state index contributed by atoms with van der Waals surface area (Å²) in [5.41, 5.74) is 7.11. The molecule has 0 radical (unpaired) electrons. The summed E-state index contributed by atoms with van der Waals surface area (Å²) in [5, 5.41) is 7.59. The first-order chi connectivity index (χ1) is 24.7. The van der Waals surface area contributed by atoms with Crippen LogP contribution in [-0.2, 0) is 11.0 Å². The third-order valence-corrected chi connectivity index (χ3v) is 10.7. The smallest absolute Gasteiger partial charge is 0.0646 e. The molecule has 0 aliphatic heterocycles. The van der Waals surface area contributed by atoms with E-state index in [1.54, 1.807) is 0 Å². The van der Waals surface area contributed by atoms with Crippen LogP contribution in [-0.4, -0.2) is 6.04 Å². The van der Waals surface area contributed by atoms with Gasteiger partial charge in [0.05, 0.1) is 11.6 Å². The molecule has 0 bridgehead atoms. The fraction of sp³-hybridized carbons (Fsp3) is 0.184. The van der Waals surface area contributed by atoms with Crippen molar-refractivity contribution in [2.24, 2.45) is 0 Å². The van der Waals surface area contributed by atoms with Crippen LogP contribution in [0.2, 0.25) is 0 Å². The monoisotopic (exact) mass is 662 g/mol. The highest BCUT2D eigenvalue weighted by molar-refractivity contribution is 5.98. The molecule has 2 nitrogen and oxygen atoms in total. The summed E-state index contributed by atoms with van der Waals surface area (Å²) in [6.07, 6.45) is 5.77. The Bertz CT molecular complexity index is 2450. The molecule has 0 N–H and O–H groups in total. The molecule has 0 saturated carbocycles. The third kappa shape index (κ3) is 6.10. The predicted molar refractivity (Wildman–Crippen MR) is 220 cm³/mol. The Hall–Kier alpha value is -5.60. The highest BCUT2D eigenvalue weighted by Crippen LogP contribution is 2.44. The van der Waals surface area contributed by atoms with Crippen molar-refractivity contribution in [3.05, 3.63) is 179 Å². The van der Waals surface area contributed by atoms with Gasteiger partial charge in [0, 0.05) is 33.5 Å². The second kappa shape index (κ2) is 12.9. The van der Waals surface area contributed by atoms with Crippen LogP contribution >= 0.6 is 0 Å². The van der Waals surface area contributed by atoms with Crippen molar-refractivity contribution in [2.75, 3.05) is 9.80 Å². The lowest BCUT2D eigenvalue weighted by Crippen LogP contribution is -2.39. The zero-order chi connectivity index (χ0) is 35.2. The van der Waals surface area contributed by atoms with Crippen molar-refractivity contribution in [3.8, 4) is 0 Å². The van der Waals surface area contributed by atoms with E-state index in [1.165, 1.54) is 60.2 Å². The van der Waals surface area contributed by atoms with Crippen molar-refractivity contribution in [1.82, 2.24) is 0 Å². The average Bonchev–Trinajstić information content (AvgIpc) is 3.15. The summed E-state index contributed by atoms with van der Waals surface area (Å²) in [4.78, 5) is 5.07. The first kappa shape index (κ1) is 32.6. The molecule has 7 aromatic rings. The molecule has 0 amide bonds. The maximum atomic E-state index is 2.54. The molecule has 0 spiro atoms. The van der Waals surface area contributed by atoms with Crippen molar-refractivity contribution in [3.63, 3.8) is 0 Å². The lowest BCUT2D eigenvalue weighted by molar-refractivity contribution is 0.534. The van der Waals surface area contributed by atoms with Crippen LogP contribution in [0, 0.1) is 0 Å². The van der Waals surface area contributed by atoms with E-state index in [9.17, 15) is 0 Å². The summed E-state index contributed by atoms with van der Waals surface area (Å²) in [5.74, 6) is 0. The van der Waals surface area contributed by atoms with Crippen LogP contribution < -0.4 is 20.2 Å². The summed E-state index contributed by atoms with van der Waals surface area (Å²) >= 11 is 0. The zero-order valence-electron chi connectivity index (χ0n) is 30.3. The molecule has 1 unspecified atom stereocenters. The van der Waals surface area contributed by atoms with Gasteiger partial charge in [-0.2, -0.15) is 0 Å². The van der Waals surface area contributed by atoms with Crippen molar-refractivity contribution >= 4 is 56.4 Å². The van der Waals surface area contributed by atoms with Gasteiger partial charge in [-0.1, -0.05) is 154 Å². The summed E-state index contributed by atoms with van der Waals surface area (Å²) < 4.78 is 0. The minimum atomic E-state index is -0.354. The van der Waals surface area contributed by atoms with Gasteiger partial charge in [0.2, 0.25) is 0 Å². The second-order valence-corrected chi connectivity index (χ2v) is 15.4. The Labute approximate surface area is 302 Å². The van der Waals surface area contributed by atoms with Gasteiger partial charge in [-0.3, -0.25) is 0 Å². The molecule has 51 heavy (non-hydrogen) atoms. The fourth-order valence-corrected chi connectivity index (χ4v) is 7.91. The van der Waals surface area contributed by atoms with Crippen molar-refractivity contribution < 1.29 is 0 Å². The minimum Gasteiger partial charge on any atom is -0.334 e. The molecular weight excluding hydrogens is 617 g/mol. The second-order valence-electron chi connectivity index (χ2n) is 15.4. The van der Waals surface area contributed by atoms with Crippen LogP contribution in [0.5, 0.6) is 0 Å². The average molecular weight is 663 g/mol. The standard InChI is InChI=1S/C49H46N2/c1-48(2,3)39-25-27-40(28-26-39)49(4,5)51(47-23-13-19-37-16-9-11-21-45(37)47)42-32-30-41(31-33-42)50(43-29-24-35-14-6-7-17-38(35)34-43)46-22-12-18-36-15-8-10-20-44(36)46/h6-28,30-34,43H,29H2,1-5H3. The van der Waals surface area contributed by atoms with E-state index in [0.717, 1.165) is 12.1 Å². The lowest BCUT2D eigenvalue weighted by Gasteiger charge is -2.42. The molecule has 0 aromatic heterocycles. The van der Waals surface area contributed by atoms with Crippen LogP contribution in [0.4, 0.5) is 22.7 Å². The number of benzene rings is 7. The maximum absolute atomic E-state index is 2.54. The van der Waals surface area contributed by atoms with Gasteiger partial charge >= 0.3 is 0 Å². The van der Waals surface area contributed by atoms with E-state index in [2.05, 4.69) is 214 Å². The highest BCUT2D eigenvalue weighted by atomic mass is 15.2. The molecule has 1 aliphatic carbocycles. The minimum absolute atomic E-state index is 0.0966. The Morgan fingerprint density at radius 2 is 0.980 bits per heavy atom. The summed E-state index contributed by atoms with van der Waals surface area (Å²) in [6, 6.07) is 58.3. The zero-order valence-corrected chi connectivity index (χ0v) is 30.3. The molecular formula is C49H46N2. The molecule has 1 aliphatic rings. The van der Waals surface area contributed by atoms with Crippen molar-refractivity contribution in [2.45, 2.75) is 58.0 Å². The summed E-state index contributed by atoms with van der Waals surface area (Å²) in [7, 11) is 0. The molecule has 8 rings (SSSR count). The van der Waals surface area contributed by atoms with Gasteiger partial charge in [-0.15, -0.1) is 0 Å². The largest absolute Gasteiger partial charge is 0.334 e. The van der Waals surface area contributed by atoms with Crippen LogP contribution in [0.3, 0.4) is 0 Å². The molecule has 0 heterocycles. The van der Waals surface area contributed by atoms with Gasteiger partial charge in [-0.25, -0.2) is 0 Å². The van der Waals surface area contributed by atoms with E-state index < -0.39 is 0 Å². The van der Waals surface area contributed by atoms with E-state index in [0.29, 0.717) is 0 Å². The molecule has 1 atom stereocenters. The van der Waals surface area contributed by atoms with Gasteiger partial charge in [-0.05, 0) is 94.4 Å². The summed E-state index contributed by atoms with van der Waals surface area (Å²) in [6.45, 7) is 11.5. The van der Waals surface area contributed by atoms with E-state index in [-0.39, 0.29) is 17.0 Å². The topological polar surface area (TPSA) is 6.48 Å². The molecule has 0 fully saturated rings. The predicted octanol–water partition coefficient (Wildman–Crippen LogP) is 11.5. The van der Waals surface area contributed by atoms with Crippen LogP contribution in [0.1, 0.15) is 52.2 Å². The third-order valence-electron chi connectivity index (χ3n) is 10.7. The van der Waals surface area contributed by atoms with Gasteiger partial charge in [0.1, 0.15) is 0 Å². The van der Waals surface area contributed by atoms with E-state index >= 15 is 0 Å². The van der Waals surface area contributed by atoms with Gasteiger partial charge < -0.3 is 9.80 Å². The molecule has 0 saturated heterocycles. The molecule has 7 aromatic carbocycles. The normalized spacial score (nSPS) is 14.4. The first-order valence-corrected chi connectivity index (χ1v) is 18.2. The lowest BCUT2D eigenvalue weighted by atomic mass is 9.83. The SMILES string of the molecule is CC(C)(C)c1ccc(C(C)(C)N(c2ccc(N(c3cccc4ccccc34)C3C=c4ccccc4=CC3)cc2)c2cccc3ccccc23)cc1. The van der Waals surface area contributed by atoms with Gasteiger partial charge in [0.25, 0.3) is 0 Å². The van der Waals surface area contributed by atoms with Crippen molar-refractivity contribution in [1.29, 1.82) is 0 Å². The first-order valence-electron chi connectivity index (χ1n) is 18.2. The number of hydrogen-bond acceptors (Lipinski definition) is 2. The fourth-order valence-electron chi connectivity index (χ4n) is 7.91. The van der Waals surface area contributed by atoms with E-state index in [1.807, 2.05) is 0 Å². The number of fused-ring (bicyclic) bond motifs is 3. The molecule has 252 valence electrons. The van der Waals surface area contributed by atoms with Crippen LogP contribution in [0.15, 0.2) is 158 Å². The Morgan fingerprint density at radius 1 is 0.471 bits per heavy atom. The number of hydrogen-bond donors (Lipinski definition) is 0. The number of nitrogens with zero attached hydrogens (tertiary/aromatic N) is 2. The quantitative estimate of drug-likeness (QED) is 0.168. The Kier molecular flexibility index (Phi) is 8.27. The molecule has 2 heteroatoms. The Balaban J connectivity index is 1.28. The van der Waals surface area contributed by atoms with E-state index in [4.69, 9.17) is 0 Å². The maximum Gasteiger partial charge on any atom is 0.0646 e. The number of rotatable bonds is 7. The highest BCUT2D eigenvalue weighted by Gasteiger charge is 2.32. The van der Waals surface area contributed by atoms with Gasteiger partial charge in [0.15, 0.2) is 0 Å². The van der Waals surface area contributed by atoms with Crippen LogP contribution in [0.25, 0.3) is 33.7 Å². The Morgan fingerprint density at radius 3 is 1.63 bits per heavy atom. The number of anilines is 4.